The Hall–Kier alpha value is -3.62. The number of carbonyl (C=O) groups is 1. The first-order chi connectivity index (χ1) is 18.0. The van der Waals surface area contributed by atoms with Gasteiger partial charge < -0.3 is 24.0 Å². The van der Waals surface area contributed by atoms with Gasteiger partial charge in [-0.25, -0.2) is 19.2 Å². The van der Waals surface area contributed by atoms with Crippen molar-refractivity contribution in [2.45, 2.75) is 31.7 Å². The van der Waals surface area contributed by atoms with Crippen LogP contribution in [0.15, 0.2) is 48.5 Å². The van der Waals surface area contributed by atoms with Crippen LogP contribution in [-0.4, -0.2) is 55.1 Å². The minimum atomic E-state index is -5.00. The summed E-state index contributed by atoms with van der Waals surface area (Å²) in [4.78, 5) is 21.5. The highest BCUT2D eigenvalue weighted by molar-refractivity contribution is 7.80. The molecule has 1 fully saturated rings. The predicted octanol–water partition coefficient (Wildman–Crippen LogP) is 3.68. The van der Waals surface area contributed by atoms with Crippen LogP contribution in [0.1, 0.15) is 19.2 Å². The second-order valence-electron chi connectivity index (χ2n) is 8.33. The van der Waals surface area contributed by atoms with Gasteiger partial charge >= 0.3 is 12.1 Å². The van der Waals surface area contributed by atoms with Crippen LogP contribution in [0.2, 0.25) is 0 Å². The van der Waals surface area contributed by atoms with Crippen LogP contribution in [0.25, 0.3) is 22.4 Å². The van der Waals surface area contributed by atoms with Gasteiger partial charge in [0.2, 0.25) is 5.82 Å². The van der Waals surface area contributed by atoms with Gasteiger partial charge in [-0.15, -0.1) is 0 Å². The van der Waals surface area contributed by atoms with Gasteiger partial charge in [0.1, 0.15) is 17.7 Å². The average molecular weight is 554 g/mol. The second-order valence-corrected chi connectivity index (χ2v) is 9.00. The Morgan fingerprint density at radius 1 is 1.21 bits per heavy atom. The molecule has 9 nitrogen and oxygen atoms in total. The SMILES string of the molecule is CCOC(=O)[C@@H]1C[C@@H](O)CN1c1nc(C(F)(F)F)nc(-c2ccc(F)cc2)c1-c1cccc(NS(=O)[O-])c1. The number of nitrogens with zero attached hydrogens (tertiary/aromatic N) is 3. The summed E-state index contributed by atoms with van der Waals surface area (Å²) in [7, 11) is 0. The Morgan fingerprint density at radius 3 is 2.55 bits per heavy atom. The van der Waals surface area contributed by atoms with Crippen LogP contribution >= 0.6 is 0 Å². The van der Waals surface area contributed by atoms with E-state index in [-0.39, 0.29) is 53.5 Å². The first kappa shape index (κ1) is 27.4. The second kappa shape index (κ2) is 11.0. The number of aliphatic hydroxyl groups excluding tert-OH is 1. The van der Waals surface area contributed by atoms with Gasteiger partial charge in [-0.3, -0.25) is 4.21 Å². The van der Waals surface area contributed by atoms with Gasteiger partial charge in [-0.1, -0.05) is 12.1 Å². The Bertz CT molecular complexity index is 1360. The van der Waals surface area contributed by atoms with E-state index in [1.54, 1.807) is 6.92 Å². The Morgan fingerprint density at radius 2 is 1.92 bits per heavy atom. The van der Waals surface area contributed by atoms with Gasteiger partial charge in [0, 0.05) is 35.5 Å². The molecule has 0 bridgehead atoms. The number of esters is 1. The van der Waals surface area contributed by atoms with E-state index in [1.807, 2.05) is 0 Å². The summed E-state index contributed by atoms with van der Waals surface area (Å²) in [5.74, 6) is -3.24. The fraction of sp³-hybridized carbons (Fsp3) is 0.292. The molecule has 1 unspecified atom stereocenters. The number of carbonyl (C=O) groups excluding carboxylic acids is 1. The van der Waals surface area contributed by atoms with Crippen LogP contribution in [0.5, 0.6) is 0 Å². The number of β-amino-alcohol motifs (C(OH)–C–C–N with tert-alkyl or cyclic N) is 1. The summed E-state index contributed by atoms with van der Waals surface area (Å²) >= 11 is -2.69. The van der Waals surface area contributed by atoms with Crippen molar-refractivity contribution < 1.29 is 41.0 Å². The number of aliphatic hydroxyl groups is 1. The fourth-order valence-corrected chi connectivity index (χ4v) is 4.53. The van der Waals surface area contributed by atoms with E-state index in [4.69, 9.17) is 4.74 Å². The van der Waals surface area contributed by atoms with Crippen molar-refractivity contribution in [2.75, 3.05) is 22.8 Å². The smallest absolute Gasteiger partial charge is 0.451 e. The molecule has 2 aromatic carbocycles. The Balaban J connectivity index is 2.04. The zero-order valence-corrected chi connectivity index (χ0v) is 20.6. The van der Waals surface area contributed by atoms with Crippen LogP contribution in [0.4, 0.5) is 29.1 Å². The molecule has 1 aliphatic rings. The molecule has 0 spiro atoms. The zero-order chi connectivity index (χ0) is 27.6. The van der Waals surface area contributed by atoms with Gasteiger partial charge in [-0.05, 0) is 48.9 Å². The summed E-state index contributed by atoms with van der Waals surface area (Å²) in [5.41, 5.74) is 0.163. The molecule has 202 valence electrons. The predicted molar refractivity (Wildman–Crippen MR) is 129 cm³/mol. The lowest BCUT2D eigenvalue weighted by Gasteiger charge is -2.28. The minimum absolute atomic E-state index is 0.00454. The molecule has 2 N–H and O–H groups in total. The molecule has 1 aliphatic heterocycles. The number of halogens is 4. The number of anilines is 2. The van der Waals surface area contributed by atoms with Crippen LogP contribution in [0, 0.1) is 5.82 Å². The summed E-state index contributed by atoms with van der Waals surface area (Å²) in [6, 6.07) is 9.14. The van der Waals surface area contributed by atoms with E-state index < -0.39 is 47.2 Å². The van der Waals surface area contributed by atoms with Crippen molar-refractivity contribution in [2.24, 2.45) is 0 Å². The first-order valence-electron chi connectivity index (χ1n) is 11.3. The highest BCUT2D eigenvalue weighted by Gasteiger charge is 2.42. The molecule has 3 aromatic rings. The minimum Gasteiger partial charge on any atom is -0.755 e. The summed E-state index contributed by atoms with van der Waals surface area (Å²) in [6.07, 6.45) is -6.19. The van der Waals surface area contributed by atoms with Crippen molar-refractivity contribution in [3.05, 3.63) is 60.2 Å². The lowest BCUT2D eigenvalue weighted by Crippen LogP contribution is -2.38. The van der Waals surface area contributed by atoms with Crippen LogP contribution in [0.3, 0.4) is 0 Å². The molecule has 4 rings (SSSR count). The van der Waals surface area contributed by atoms with Crippen molar-refractivity contribution in [1.29, 1.82) is 0 Å². The molecule has 0 saturated carbocycles. The number of alkyl halides is 3. The van der Waals surface area contributed by atoms with Crippen molar-refractivity contribution >= 4 is 28.7 Å². The van der Waals surface area contributed by atoms with Crippen LogP contribution in [-0.2, 0) is 27.0 Å². The molecule has 0 radical (unpaired) electrons. The third kappa shape index (κ3) is 5.92. The third-order valence-corrected chi connectivity index (χ3v) is 6.13. The lowest BCUT2D eigenvalue weighted by atomic mass is 9.98. The Labute approximate surface area is 216 Å². The van der Waals surface area contributed by atoms with Crippen LogP contribution < -0.4 is 9.62 Å². The summed E-state index contributed by atoms with van der Waals surface area (Å²) in [5, 5.41) is 10.4. The summed E-state index contributed by atoms with van der Waals surface area (Å²) < 4.78 is 85.3. The first-order valence-corrected chi connectivity index (χ1v) is 12.4. The largest absolute Gasteiger partial charge is 0.755 e. The number of rotatable bonds is 7. The third-order valence-electron chi connectivity index (χ3n) is 5.72. The summed E-state index contributed by atoms with van der Waals surface area (Å²) in [6.45, 7) is 1.33. The monoisotopic (exact) mass is 553 g/mol. The van der Waals surface area contributed by atoms with E-state index in [2.05, 4.69) is 14.7 Å². The quantitative estimate of drug-likeness (QED) is 0.258. The molecule has 3 atom stereocenters. The highest BCUT2D eigenvalue weighted by Crippen LogP contribution is 2.43. The lowest BCUT2D eigenvalue weighted by molar-refractivity contribution is -0.145. The van der Waals surface area contributed by atoms with E-state index >= 15 is 0 Å². The molecular weight excluding hydrogens is 532 g/mol. The van der Waals surface area contributed by atoms with E-state index in [9.17, 15) is 36.2 Å². The fourth-order valence-electron chi connectivity index (χ4n) is 4.21. The maximum Gasteiger partial charge on any atom is 0.451 e. The van der Waals surface area contributed by atoms with Gasteiger partial charge in [0.25, 0.3) is 0 Å². The molecule has 14 heteroatoms. The van der Waals surface area contributed by atoms with E-state index in [0.717, 1.165) is 12.1 Å². The van der Waals surface area contributed by atoms with E-state index in [1.165, 1.54) is 41.3 Å². The molecule has 2 heterocycles. The number of ether oxygens (including phenoxy) is 1. The standard InChI is InChI=1S/C24H22F4N4O5S/c1-2-37-22(34)18-11-17(33)12-32(18)21-19(14-4-3-5-16(10-14)31-38(35)36)20(13-6-8-15(25)9-7-13)29-23(30-21)24(26,27)28/h3-10,17-18,31,33H,2,11-12H2,1H3,(H,35,36)/p-1/t17-,18+/m1/s1. The van der Waals surface area contributed by atoms with Crippen molar-refractivity contribution in [3.8, 4) is 22.4 Å². The number of hydrogen-bond donors (Lipinski definition) is 2. The normalized spacial score (nSPS) is 18.3. The van der Waals surface area contributed by atoms with Gasteiger partial charge in [0.05, 0.1) is 24.0 Å². The highest BCUT2D eigenvalue weighted by atomic mass is 32.2. The number of nitrogens with one attached hydrogen (secondary N) is 1. The maximum atomic E-state index is 14.0. The zero-order valence-electron chi connectivity index (χ0n) is 19.7. The molecule has 38 heavy (non-hydrogen) atoms. The molecule has 0 amide bonds. The molecular formula is C24H21F4N4O5S-. The average Bonchev–Trinajstić information content (AvgIpc) is 3.25. The van der Waals surface area contributed by atoms with Gasteiger partial charge in [0.15, 0.2) is 0 Å². The maximum absolute atomic E-state index is 14.0. The topological polar surface area (TPSA) is 128 Å². The van der Waals surface area contributed by atoms with E-state index in [0.29, 0.717) is 0 Å². The molecule has 1 saturated heterocycles. The van der Waals surface area contributed by atoms with Gasteiger partial charge in [-0.2, -0.15) is 13.2 Å². The molecule has 1 aromatic heterocycles. The number of benzene rings is 2. The Kier molecular flexibility index (Phi) is 7.94. The number of hydrogen-bond acceptors (Lipinski definition) is 8. The van der Waals surface area contributed by atoms with Crippen molar-refractivity contribution in [1.82, 2.24) is 9.97 Å². The number of aromatic nitrogens is 2. The van der Waals surface area contributed by atoms with Crippen molar-refractivity contribution in [3.63, 3.8) is 0 Å². The molecule has 0 aliphatic carbocycles.